The number of carboxylic acid groups (broad SMARTS) is 1. The molecular formula is C27H32Cl2N2O6. The van der Waals surface area contributed by atoms with Crippen LogP contribution >= 0.6 is 23.2 Å². The largest absolute Gasteiger partial charge is 0.494 e. The van der Waals surface area contributed by atoms with Crippen molar-refractivity contribution in [1.82, 2.24) is 9.47 Å². The number of carboxylic acids is 1. The van der Waals surface area contributed by atoms with E-state index in [1.807, 2.05) is 12.1 Å². The maximum atomic E-state index is 11.8. The van der Waals surface area contributed by atoms with Crippen molar-refractivity contribution in [2.75, 3.05) is 20.3 Å². The molecule has 200 valence electrons. The summed E-state index contributed by atoms with van der Waals surface area (Å²) < 4.78 is 12.7. The molecule has 0 fully saturated rings. The third kappa shape index (κ3) is 7.71. The Morgan fingerprint density at radius 1 is 1.05 bits per heavy atom. The lowest BCUT2D eigenvalue weighted by molar-refractivity contribution is -0.138. The van der Waals surface area contributed by atoms with Gasteiger partial charge in [-0.1, -0.05) is 48.7 Å². The molecule has 2 aromatic carbocycles. The minimum absolute atomic E-state index is 0.0488. The van der Waals surface area contributed by atoms with Gasteiger partial charge >= 0.3 is 5.97 Å². The van der Waals surface area contributed by atoms with Gasteiger partial charge in [0.25, 0.3) is 0 Å². The number of hydrogen-bond donors (Lipinski definition) is 3. The van der Waals surface area contributed by atoms with Crippen molar-refractivity contribution in [3.8, 4) is 23.3 Å². The highest BCUT2D eigenvalue weighted by atomic mass is 35.5. The fraction of sp³-hybridized carbons (Fsp3) is 0.370. The molecule has 8 nitrogen and oxygen atoms in total. The van der Waals surface area contributed by atoms with Crippen molar-refractivity contribution in [1.29, 1.82) is 0 Å². The first-order valence-corrected chi connectivity index (χ1v) is 12.8. The summed E-state index contributed by atoms with van der Waals surface area (Å²) in [7, 11) is 1.55. The molecule has 0 aliphatic rings. The van der Waals surface area contributed by atoms with Crippen molar-refractivity contribution in [3.63, 3.8) is 0 Å². The molecule has 0 saturated carbocycles. The van der Waals surface area contributed by atoms with Gasteiger partial charge in [0.05, 0.1) is 20.1 Å². The predicted molar refractivity (Wildman–Crippen MR) is 143 cm³/mol. The smallest absolute Gasteiger partial charge is 0.305 e. The monoisotopic (exact) mass is 550 g/mol. The molecule has 3 rings (SSSR count). The molecule has 3 aromatic rings. The van der Waals surface area contributed by atoms with Crippen LogP contribution in [0.15, 0.2) is 48.5 Å². The van der Waals surface area contributed by atoms with Crippen LogP contribution in [0.5, 0.6) is 23.3 Å². The summed E-state index contributed by atoms with van der Waals surface area (Å²) >= 11 is 12.6. The Morgan fingerprint density at radius 3 is 2.41 bits per heavy atom. The summed E-state index contributed by atoms with van der Waals surface area (Å²) in [5.74, 6) is 0.0201. The van der Waals surface area contributed by atoms with Crippen LogP contribution in [-0.2, 0) is 17.9 Å². The summed E-state index contributed by atoms with van der Waals surface area (Å²) in [6.45, 7) is 3.68. The lowest BCUT2D eigenvalue weighted by Crippen LogP contribution is -2.31. The molecule has 37 heavy (non-hydrogen) atoms. The van der Waals surface area contributed by atoms with E-state index in [1.54, 1.807) is 31.4 Å². The van der Waals surface area contributed by atoms with Crippen LogP contribution < -0.4 is 9.47 Å². The summed E-state index contributed by atoms with van der Waals surface area (Å²) in [5.41, 5.74) is 1.63. The van der Waals surface area contributed by atoms with Crippen LogP contribution in [0.1, 0.15) is 43.4 Å². The topological polar surface area (TPSA) is 104 Å². The molecule has 0 amide bonds. The predicted octanol–water partition coefficient (Wildman–Crippen LogP) is 6.11. The van der Waals surface area contributed by atoms with E-state index in [4.69, 9.17) is 32.7 Å². The molecule has 1 unspecified atom stereocenters. The van der Waals surface area contributed by atoms with Crippen LogP contribution in [0, 0.1) is 0 Å². The average molecular weight is 551 g/mol. The second-order valence-corrected chi connectivity index (χ2v) is 9.48. The van der Waals surface area contributed by atoms with Crippen molar-refractivity contribution in [2.24, 2.45) is 0 Å². The van der Waals surface area contributed by atoms with Crippen LogP contribution in [-0.4, -0.2) is 51.0 Å². The number of aliphatic carboxylic acids is 1. The Bertz CT molecular complexity index is 1180. The molecule has 1 aromatic heterocycles. The number of benzene rings is 2. The second kappa shape index (κ2) is 13.5. The van der Waals surface area contributed by atoms with Crippen LogP contribution in [0.4, 0.5) is 0 Å². The number of hydrogen-bond acceptors (Lipinski definition) is 6. The number of nitrogens with zero attached hydrogens (tertiary/aromatic N) is 2. The van der Waals surface area contributed by atoms with Crippen molar-refractivity contribution in [2.45, 2.75) is 45.3 Å². The molecule has 0 aliphatic carbocycles. The van der Waals surface area contributed by atoms with Gasteiger partial charge in [-0.2, -0.15) is 0 Å². The fourth-order valence-electron chi connectivity index (χ4n) is 4.17. The van der Waals surface area contributed by atoms with E-state index in [1.165, 1.54) is 16.7 Å². The molecule has 0 spiro atoms. The number of rotatable bonds is 14. The summed E-state index contributed by atoms with van der Waals surface area (Å²) in [4.78, 5) is 13.9. The highest BCUT2D eigenvalue weighted by molar-refractivity contribution is 6.35. The zero-order chi connectivity index (χ0) is 26.9. The summed E-state index contributed by atoms with van der Waals surface area (Å²) in [6.07, 6.45) is 1.73. The van der Waals surface area contributed by atoms with Gasteiger partial charge in [-0.15, -0.1) is 0 Å². The van der Waals surface area contributed by atoms with E-state index in [-0.39, 0.29) is 31.3 Å². The lowest BCUT2D eigenvalue weighted by Gasteiger charge is -2.32. The molecule has 3 N–H and O–H groups in total. The molecule has 0 radical (unpaired) electrons. The number of ether oxygens (including phenoxy) is 2. The Balaban J connectivity index is 1.81. The van der Waals surface area contributed by atoms with E-state index in [2.05, 4.69) is 11.8 Å². The van der Waals surface area contributed by atoms with Crippen molar-refractivity contribution >= 4 is 29.2 Å². The van der Waals surface area contributed by atoms with Gasteiger partial charge in [0.2, 0.25) is 0 Å². The van der Waals surface area contributed by atoms with Gasteiger partial charge in [-0.3, -0.25) is 14.3 Å². The highest BCUT2D eigenvalue weighted by Crippen LogP contribution is 2.35. The number of methoxy groups -OCH3 is 1. The van der Waals surface area contributed by atoms with Gasteiger partial charge in [-0.25, -0.2) is 0 Å². The Labute approximate surface area is 226 Å². The van der Waals surface area contributed by atoms with Crippen molar-refractivity contribution < 1.29 is 29.6 Å². The van der Waals surface area contributed by atoms with Crippen LogP contribution in [0.2, 0.25) is 10.0 Å². The third-order valence-electron chi connectivity index (χ3n) is 6.05. The summed E-state index contributed by atoms with van der Waals surface area (Å²) in [6, 6.07) is 13.1. The second-order valence-electron chi connectivity index (χ2n) is 8.64. The van der Waals surface area contributed by atoms with Gasteiger partial charge in [0, 0.05) is 34.8 Å². The number of unbranched alkanes of at least 4 members (excludes halogenated alkanes) is 1. The minimum atomic E-state index is -0.918. The normalized spacial score (nSPS) is 12.0. The maximum Gasteiger partial charge on any atom is 0.305 e. The highest BCUT2D eigenvalue weighted by Gasteiger charge is 2.26. The van der Waals surface area contributed by atoms with E-state index < -0.39 is 12.0 Å². The number of aromatic nitrogens is 1. The van der Waals surface area contributed by atoms with Crippen molar-refractivity contribution in [3.05, 3.63) is 69.7 Å². The molecule has 0 bridgehead atoms. The molecular weight excluding hydrogens is 519 g/mol. The Hall–Kier alpha value is -3.07. The van der Waals surface area contributed by atoms with Gasteiger partial charge in [-0.05, 0) is 48.4 Å². The molecule has 0 aliphatic heterocycles. The van der Waals surface area contributed by atoms with Crippen LogP contribution in [0.25, 0.3) is 0 Å². The maximum absolute atomic E-state index is 11.8. The minimum Gasteiger partial charge on any atom is -0.494 e. The zero-order valence-electron chi connectivity index (χ0n) is 20.9. The number of aromatic hydroxyl groups is 2. The Kier molecular flexibility index (Phi) is 10.4. The van der Waals surface area contributed by atoms with Crippen LogP contribution in [0.3, 0.4) is 0 Å². The molecule has 1 atom stereocenters. The first kappa shape index (κ1) is 28.5. The lowest BCUT2D eigenvalue weighted by atomic mass is 10.00. The average Bonchev–Trinajstić information content (AvgIpc) is 3.18. The van der Waals surface area contributed by atoms with E-state index in [0.29, 0.717) is 40.2 Å². The first-order chi connectivity index (χ1) is 17.7. The SMILES string of the molecule is CCCCN(Cc1ccc(OCCn2c(O)ccc2O)c(OC)c1)C(CC(=O)O)c1ccc(Cl)cc1Cl. The molecule has 0 saturated heterocycles. The zero-order valence-corrected chi connectivity index (χ0v) is 22.4. The van der Waals surface area contributed by atoms with E-state index in [9.17, 15) is 20.1 Å². The standard InChI is InChI=1S/C27H32Cl2N2O6/c1-3-4-11-30(22(16-27(34)35)20-7-6-19(28)15-21(20)29)17-18-5-8-23(24(14-18)36-2)37-13-12-31-25(32)9-10-26(31)33/h5-10,14-15,22,32-33H,3-4,11-13,16-17H2,1-2H3,(H,34,35). The Morgan fingerprint density at radius 2 is 1.78 bits per heavy atom. The van der Waals surface area contributed by atoms with Gasteiger partial charge in [0.15, 0.2) is 23.3 Å². The van der Waals surface area contributed by atoms with Gasteiger partial charge < -0.3 is 24.8 Å². The number of carbonyl (C=O) groups is 1. The first-order valence-electron chi connectivity index (χ1n) is 12.0. The van der Waals surface area contributed by atoms with E-state index >= 15 is 0 Å². The quantitative estimate of drug-likeness (QED) is 0.222. The molecule has 1 heterocycles. The fourth-order valence-corrected chi connectivity index (χ4v) is 4.70. The number of halogens is 2. The van der Waals surface area contributed by atoms with E-state index in [0.717, 1.165) is 18.4 Å². The summed E-state index contributed by atoms with van der Waals surface area (Å²) in [5, 5.41) is 30.2. The van der Waals surface area contributed by atoms with Gasteiger partial charge in [0.1, 0.15) is 6.61 Å². The molecule has 10 heteroatoms. The third-order valence-corrected chi connectivity index (χ3v) is 6.61.